The van der Waals surface area contributed by atoms with Crippen LogP contribution in [0.4, 0.5) is 10.6 Å². The quantitative estimate of drug-likeness (QED) is 0.821. The Kier molecular flexibility index (Phi) is 3.56. The summed E-state index contributed by atoms with van der Waals surface area (Å²) in [6.45, 7) is 4.63. The van der Waals surface area contributed by atoms with Crippen LogP contribution in [0.15, 0.2) is 48.7 Å². The molecular formula is C18H17N3O. The molecule has 0 atom stereocenters. The molecule has 0 spiro atoms. The van der Waals surface area contributed by atoms with Crippen molar-refractivity contribution in [1.29, 1.82) is 0 Å². The highest BCUT2D eigenvalue weighted by molar-refractivity contribution is 5.95. The van der Waals surface area contributed by atoms with E-state index in [1.165, 1.54) is 0 Å². The van der Waals surface area contributed by atoms with Gasteiger partial charge in [-0.25, -0.2) is 9.78 Å². The average Bonchev–Trinajstić information content (AvgIpc) is 2.80. The highest BCUT2D eigenvalue weighted by atomic mass is 16.2. The zero-order chi connectivity index (χ0) is 15.6. The van der Waals surface area contributed by atoms with Crippen LogP contribution in [0.1, 0.15) is 25.0 Å². The van der Waals surface area contributed by atoms with Crippen LogP contribution in [-0.4, -0.2) is 23.1 Å². The van der Waals surface area contributed by atoms with E-state index in [0.29, 0.717) is 12.4 Å². The van der Waals surface area contributed by atoms with E-state index in [1.54, 1.807) is 11.1 Å². The highest BCUT2D eigenvalue weighted by Gasteiger charge is 2.39. The predicted octanol–water partition coefficient (Wildman–Crippen LogP) is 2.79. The van der Waals surface area contributed by atoms with Crippen molar-refractivity contribution in [3.05, 3.63) is 59.8 Å². The van der Waals surface area contributed by atoms with Crippen LogP contribution in [-0.2, 0) is 0 Å². The third-order valence-electron chi connectivity index (χ3n) is 3.58. The fourth-order valence-electron chi connectivity index (χ4n) is 2.40. The predicted molar refractivity (Wildman–Crippen MR) is 86.6 cm³/mol. The van der Waals surface area contributed by atoms with Gasteiger partial charge in [-0.05, 0) is 38.1 Å². The second-order valence-electron chi connectivity index (χ2n) is 5.83. The van der Waals surface area contributed by atoms with Crippen LogP contribution in [0, 0.1) is 11.8 Å². The number of benzene rings is 1. The molecule has 1 saturated heterocycles. The Balaban J connectivity index is 1.82. The van der Waals surface area contributed by atoms with Gasteiger partial charge in [-0.15, -0.1) is 0 Å². The highest BCUT2D eigenvalue weighted by Crippen LogP contribution is 2.25. The Hall–Kier alpha value is -2.80. The van der Waals surface area contributed by atoms with Crippen molar-refractivity contribution in [2.24, 2.45) is 0 Å². The molecule has 1 aliphatic heterocycles. The first-order chi connectivity index (χ1) is 10.6. The molecule has 0 unspecified atom stereocenters. The van der Waals surface area contributed by atoms with Gasteiger partial charge in [0.1, 0.15) is 5.82 Å². The summed E-state index contributed by atoms with van der Waals surface area (Å²) < 4.78 is 0. The molecule has 2 amide bonds. The smallest absolute Gasteiger partial charge is 0.323 e. The van der Waals surface area contributed by atoms with Gasteiger partial charge in [0, 0.05) is 23.9 Å². The van der Waals surface area contributed by atoms with E-state index in [0.717, 1.165) is 11.1 Å². The minimum atomic E-state index is -0.276. The fraction of sp³-hybridized carbons (Fsp3) is 0.222. The zero-order valence-corrected chi connectivity index (χ0v) is 12.6. The second-order valence-corrected chi connectivity index (χ2v) is 5.83. The largest absolute Gasteiger partial charge is 0.335 e. The summed E-state index contributed by atoms with van der Waals surface area (Å²) in [5, 5.41) is 2.84. The standard InChI is InChI=1S/C18H17N3O/c1-18(2)13-20-17(22)21(18)16-11-10-15(12-19-16)9-8-14-6-4-3-5-7-14/h3-7,10-12H,13H2,1-2H3,(H,20,22). The molecule has 0 radical (unpaired) electrons. The lowest BCUT2D eigenvalue weighted by Crippen LogP contribution is -2.42. The maximum absolute atomic E-state index is 11.9. The molecule has 0 bridgehead atoms. The van der Waals surface area contributed by atoms with E-state index < -0.39 is 0 Å². The van der Waals surface area contributed by atoms with Gasteiger partial charge < -0.3 is 5.32 Å². The molecule has 0 saturated carbocycles. The first kappa shape index (κ1) is 14.2. The number of carbonyl (C=O) groups is 1. The summed E-state index contributed by atoms with van der Waals surface area (Å²) in [5.74, 6) is 6.81. The minimum Gasteiger partial charge on any atom is -0.335 e. The van der Waals surface area contributed by atoms with Crippen LogP contribution in [0.5, 0.6) is 0 Å². The summed E-state index contributed by atoms with van der Waals surface area (Å²) >= 11 is 0. The number of anilines is 1. The van der Waals surface area contributed by atoms with E-state index in [2.05, 4.69) is 22.1 Å². The maximum Gasteiger partial charge on any atom is 0.323 e. The zero-order valence-electron chi connectivity index (χ0n) is 12.6. The normalized spacial score (nSPS) is 15.9. The van der Waals surface area contributed by atoms with Gasteiger partial charge in [0.25, 0.3) is 0 Å². The van der Waals surface area contributed by atoms with Gasteiger partial charge in [0.15, 0.2) is 0 Å². The number of aromatic nitrogens is 1. The molecule has 1 aromatic heterocycles. The molecule has 22 heavy (non-hydrogen) atoms. The topological polar surface area (TPSA) is 45.2 Å². The molecule has 4 heteroatoms. The van der Waals surface area contributed by atoms with Crippen LogP contribution < -0.4 is 10.2 Å². The summed E-state index contributed by atoms with van der Waals surface area (Å²) in [7, 11) is 0. The van der Waals surface area contributed by atoms with Crippen molar-refractivity contribution in [3.8, 4) is 11.8 Å². The maximum atomic E-state index is 11.9. The van der Waals surface area contributed by atoms with Gasteiger partial charge >= 0.3 is 6.03 Å². The number of rotatable bonds is 1. The first-order valence-electron chi connectivity index (χ1n) is 7.17. The van der Waals surface area contributed by atoms with Crippen LogP contribution in [0.2, 0.25) is 0 Å². The lowest BCUT2D eigenvalue weighted by atomic mass is 10.1. The number of urea groups is 1. The first-order valence-corrected chi connectivity index (χ1v) is 7.17. The Morgan fingerprint density at radius 1 is 1.09 bits per heavy atom. The summed E-state index contributed by atoms with van der Waals surface area (Å²) in [5.41, 5.74) is 1.51. The Morgan fingerprint density at radius 2 is 1.82 bits per heavy atom. The third-order valence-corrected chi connectivity index (χ3v) is 3.58. The lowest BCUT2D eigenvalue weighted by Gasteiger charge is -2.28. The number of carbonyl (C=O) groups excluding carboxylic acids is 1. The minimum absolute atomic E-state index is 0.111. The van der Waals surface area contributed by atoms with Crippen LogP contribution >= 0.6 is 0 Å². The molecule has 2 aromatic rings. The number of hydrogen-bond donors (Lipinski definition) is 1. The van der Waals surface area contributed by atoms with E-state index >= 15 is 0 Å². The van der Waals surface area contributed by atoms with Crippen molar-refractivity contribution in [1.82, 2.24) is 10.3 Å². The van der Waals surface area contributed by atoms with Crippen molar-refractivity contribution in [2.75, 3.05) is 11.4 Å². The van der Waals surface area contributed by atoms with E-state index in [-0.39, 0.29) is 11.6 Å². The van der Waals surface area contributed by atoms with E-state index in [4.69, 9.17) is 0 Å². The number of hydrogen-bond acceptors (Lipinski definition) is 2. The SMILES string of the molecule is CC1(C)CNC(=O)N1c1ccc(C#Cc2ccccc2)cn1. The molecule has 110 valence electrons. The van der Waals surface area contributed by atoms with Crippen molar-refractivity contribution < 1.29 is 4.79 Å². The molecule has 3 rings (SSSR count). The third kappa shape index (κ3) is 2.79. The van der Waals surface area contributed by atoms with Gasteiger partial charge in [-0.1, -0.05) is 30.0 Å². The molecule has 1 aliphatic rings. The van der Waals surface area contributed by atoms with Gasteiger partial charge in [-0.2, -0.15) is 0 Å². The van der Waals surface area contributed by atoms with Crippen molar-refractivity contribution in [3.63, 3.8) is 0 Å². The molecule has 0 aliphatic carbocycles. The Bertz CT molecular complexity index is 739. The van der Waals surface area contributed by atoms with Gasteiger partial charge in [-0.3, -0.25) is 4.90 Å². The molecule has 1 fully saturated rings. The fourth-order valence-corrected chi connectivity index (χ4v) is 2.40. The monoisotopic (exact) mass is 291 g/mol. The Labute approximate surface area is 130 Å². The van der Waals surface area contributed by atoms with Crippen LogP contribution in [0.3, 0.4) is 0 Å². The number of nitrogens with zero attached hydrogens (tertiary/aromatic N) is 2. The van der Waals surface area contributed by atoms with Gasteiger partial charge in [0.05, 0.1) is 5.54 Å². The van der Waals surface area contributed by atoms with E-state index in [9.17, 15) is 4.79 Å². The summed E-state index contributed by atoms with van der Waals surface area (Å²) in [6, 6.07) is 13.4. The summed E-state index contributed by atoms with van der Waals surface area (Å²) in [4.78, 5) is 18.0. The molecule has 4 nitrogen and oxygen atoms in total. The van der Waals surface area contributed by atoms with Gasteiger partial charge in [0.2, 0.25) is 0 Å². The second kappa shape index (κ2) is 5.53. The average molecular weight is 291 g/mol. The number of pyridine rings is 1. The molecule has 1 N–H and O–H groups in total. The molecule has 1 aromatic carbocycles. The Morgan fingerprint density at radius 3 is 2.41 bits per heavy atom. The van der Waals surface area contributed by atoms with E-state index in [1.807, 2.05) is 56.3 Å². The van der Waals surface area contributed by atoms with Crippen LogP contribution in [0.25, 0.3) is 0 Å². The summed E-state index contributed by atoms with van der Waals surface area (Å²) in [6.07, 6.45) is 1.70. The molecule has 2 heterocycles. The number of nitrogens with one attached hydrogen (secondary N) is 1. The van der Waals surface area contributed by atoms with Crippen molar-refractivity contribution in [2.45, 2.75) is 19.4 Å². The number of amides is 2. The lowest BCUT2D eigenvalue weighted by molar-refractivity contribution is 0.251. The molecular weight excluding hydrogens is 274 g/mol. The van der Waals surface area contributed by atoms with Crippen molar-refractivity contribution >= 4 is 11.8 Å².